The van der Waals surface area contributed by atoms with Crippen LogP contribution in [0.2, 0.25) is 0 Å². The van der Waals surface area contributed by atoms with Crippen molar-refractivity contribution in [3.05, 3.63) is 35.4 Å². The summed E-state index contributed by atoms with van der Waals surface area (Å²) in [5.74, 6) is 0.785. The van der Waals surface area contributed by atoms with Crippen molar-refractivity contribution in [3.8, 4) is 0 Å². The monoisotopic (exact) mass is 314 g/mol. The van der Waals surface area contributed by atoms with Crippen molar-refractivity contribution in [1.82, 2.24) is 10.2 Å². The Morgan fingerprint density at radius 2 is 2.09 bits per heavy atom. The van der Waals surface area contributed by atoms with Crippen LogP contribution in [-0.2, 0) is 11.3 Å². The maximum Gasteiger partial charge on any atom is 0.251 e. The highest BCUT2D eigenvalue weighted by molar-refractivity contribution is 5.94. The highest BCUT2D eigenvalue weighted by atomic mass is 16.2. The van der Waals surface area contributed by atoms with E-state index in [-0.39, 0.29) is 11.8 Å². The molecule has 1 aliphatic carbocycles. The van der Waals surface area contributed by atoms with Gasteiger partial charge in [0.25, 0.3) is 5.91 Å². The average molecular weight is 314 g/mol. The van der Waals surface area contributed by atoms with Crippen molar-refractivity contribution in [2.75, 3.05) is 6.54 Å². The van der Waals surface area contributed by atoms with E-state index in [1.807, 2.05) is 29.2 Å². The Kier molecular flexibility index (Phi) is 4.99. The number of rotatable bonds is 4. The second-order valence-electron chi connectivity index (χ2n) is 6.96. The van der Waals surface area contributed by atoms with Gasteiger partial charge in [-0.25, -0.2) is 0 Å². The molecule has 1 heterocycles. The molecule has 2 aliphatic rings. The molecule has 3 rings (SSSR count). The van der Waals surface area contributed by atoms with Gasteiger partial charge >= 0.3 is 0 Å². The predicted octanol–water partition coefficient (Wildman–Crippen LogP) is 3.12. The van der Waals surface area contributed by atoms with Crippen LogP contribution >= 0.6 is 0 Å². The standard InChI is InChI=1S/C19H26N2O2/c1-14-6-2-3-9-17(14)20-19(23)16-8-4-7-15(12-16)13-21-11-5-10-18(21)22/h4,7-8,12,14,17H,2-3,5-6,9-11,13H2,1H3,(H,20,23). The van der Waals surface area contributed by atoms with Gasteiger partial charge in [0.15, 0.2) is 0 Å². The number of amides is 2. The van der Waals surface area contributed by atoms with Crippen molar-refractivity contribution in [2.45, 2.75) is 58.0 Å². The normalized spacial score (nSPS) is 24.7. The number of nitrogens with zero attached hydrogens (tertiary/aromatic N) is 1. The van der Waals surface area contributed by atoms with Crippen LogP contribution in [0.1, 0.15) is 61.4 Å². The van der Waals surface area contributed by atoms with Crippen LogP contribution in [0.5, 0.6) is 0 Å². The topological polar surface area (TPSA) is 49.4 Å². The van der Waals surface area contributed by atoms with Crippen LogP contribution in [-0.4, -0.2) is 29.3 Å². The van der Waals surface area contributed by atoms with E-state index in [2.05, 4.69) is 12.2 Å². The fraction of sp³-hybridized carbons (Fsp3) is 0.579. The molecule has 0 spiro atoms. The molecule has 1 aliphatic heterocycles. The summed E-state index contributed by atoms with van der Waals surface area (Å²) in [4.78, 5) is 26.1. The first-order chi connectivity index (χ1) is 11.1. The molecule has 1 aromatic carbocycles. The molecule has 2 amide bonds. The third-order valence-corrected chi connectivity index (χ3v) is 5.16. The molecular weight excluding hydrogens is 288 g/mol. The zero-order valence-electron chi connectivity index (χ0n) is 13.9. The van der Waals surface area contributed by atoms with Crippen molar-refractivity contribution >= 4 is 11.8 Å². The SMILES string of the molecule is CC1CCCCC1NC(=O)c1cccc(CN2CCCC2=O)c1. The minimum atomic E-state index is 0.0124. The van der Waals surface area contributed by atoms with E-state index in [4.69, 9.17) is 0 Å². The van der Waals surface area contributed by atoms with Gasteiger partial charge in [0, 0.05) is 31.1 Å². The van der Waals surface area contributed by atoms with E-state index < -0.39 is 0 Å². The van der Waals surface area contributed by atoms with E-state index in [0.29, 0.717) is 30.5 Å². The highest BCUT2D eigenvalue weighted by Gasteiger charge is 2.24. The molecule has 0 radical (unpaired) electrons. The number of likely N-dealkylation sites (tertiary alicyclic amines) is 1. The van der Waals surface area contributed by atoms with Crippen molar-refractivity contribution in [1.29, 1.82) is 0 Å². The van der Waals surface area contributed by atoms with Gasteiger partial charge < -0.3 is 10.2 Å². The van der Waals surface area contributed by atoms with Crippen molar-refractivity contribution in [2.24, 2.45) is 5.92 Å². The van der Waals surface area contributed by atoms with Gasteiger partial charge in [-0.2, -0.15) is 0 Å². The number of carbonyl (C=O) groups excluding carboxylic acids is 2. The van der Waals surface area contributed by atoms with Crippen molar-refractivity contribution in [3.63, 3.8) is 0 Å². The lowest BCUT2D eigenvalue weighted by Gasteiger charge is -2.29. The third kappa shape index (κ3) is 3.92. The molecule has 0 bridgehead atoms. The van der Waals surface area contributed by atoms with Crippen LogP contribution in [0, 0.1) is 5.92 Å². The Morgan fingerprint density at radius 3 is 2.83 bits per heavy atom. The minimum Gasteiger partial charge on any atom is -0.349 e. The Labute approximate surface area is 138 Å². The van der Waals surface area contributed by atoms with Gasteiger partial charge in [-0.3, -0.25) is 9.59 Å². The first kappa shape index (κ1) is 16.0. The quantitative estimate of drug-likeness (QED) is 0.928. The largest absolute Gasteiger partial charge is 0.349 e. The molecule has 2 unspecified atom stereocenters. The summed E-state index contributed by atoms with van der Waals surface area (Å²) < 4.78 is 0. The zero-order chi connectivity index (χ0) is 16.2. The van der Waals surface area contributed by atoms with E-state index in [9.17, 15) is 9.59 Å². The summed E-state index contributed by atoms with van der Waals surface area (Å²) in [6.45, 7) is 3.66. The van der Waals surface area contributed by atoms with Gasteiger partial charge in [0.1, 0.15) is 0 Å². The number of hydrogen-bond donors (Lipinski definition) is 1. The lowest BCUT2D eigenvalue weighted by atomic mass is 9.86. The van der Waals surface area contributed by atoms with Crippen LogP contribution in [0.15, 0.2) is 24.3 Å². The van der Waals surface area contributed by atoms with Gasteiger partial charge in [0.2, 0.25) is 5.91 Å². The van der Waals surface area contributed by atoms with Crippen LogP contribution in [0.4, 0.5) is 0 Å². The van der Waals surface area contributed by atoms with Crippen LogP contribution < -0.4 is 5.32 Å². The molecule has 23 heavy (non-hydrogen) atoms. The maximum atomic E-state index is 12.5. The molecule has 124 valence electrons. The Morgan fingerprint density at radius 1 is 1.26 bits per heavy atom. The average Bonchev–Trinajstić information content (AvgIpc) is 2.95. The lowest BCUT2D eigenvalue weighted by molar-refractivity contribution is -0.128. The molecule has 1 saturated carbocycles. The van der Waals surface area contributed by atoms with Gasteiger partial charge in [0.05, 0.1) is 0 Å². The molecule has 0 aromatic heterocycles. The Hall–Kier alpha value is -1.84. The summed E-state index contributed by atoms with van der Waals surface area (Å²) in [7, 11) is 0. The van der Waals surface area contributed by atoms with E-state index in [1.54, 1.807) is 0 Å². The van der Waals surface area contributed by atoms with Gasteiger partial charge in [-0.15, -0.1) is 0 Å². The number of nitrogens with one attached hydrogen (secondary N) is 1. The third-order valence-electron chi connectivity index (χ3n) is 5.16. The number of benzene rings is 1. The Balaban J connectivity index is 1.64. The summed E-state index contributed by atoms with van der Waals surface area (Å²) in [5, 5.41) is 3.20. The molecule has 2 atom stereocenters. The first-order valence-electron chi connectivity index (χ1n) is 8.81. The summed E-state index contributed by atoms with van der Waals surface area (Å²) in [6.07, 6.45) is 6.34. The number of carbonyl (C=O) groups is 2. The second-order valence-corrected chi connectivity index (χ2v) is 6.96. The summed E-state index contributed by atoms with van der Waals surface area (Å²) in [5.41, 5.74) is 1.73. The maximum absolute atomic E-state index is 12.5. The summed E-state index contributed by atoms with van der Waals surface area (Å²) in [6, 6.07) is 7.98. The van der Waals surface area contributed by atoms with E-state index in [1.165, 1.54) is 19.3 Å². The van der Waals surface area contributed by atoms with E-state index in [0.717, 1.165) is 24.9 Å². The second kappa shape index (κ2) is 7.16. The highest BCUT2D eigenvalue weighted by Crippen LogP contribution is 2.24. The molecule has 1 aromatic rings. The molecule has 1 saturated heterocycles. The lowest BCUT2D eigenvalue weighted by Crippen LogP contribution is -2.41. The minimum absolute atomic E-state index is 0.0124. The summed E-state index contributed by atoms with van der Waals surface area (Å²) >= 11 is 0. The van der Waals surface area contributed by atoms with Gasteiger partial charge in [-0.05, 0) is 42.9 Å². The van der Waals surface area contributed by atoms with Gasteiger partial charge in [-0.1, -0.05) is 31.9 Å². The molecule has 1 N–H and O–H groups in total. The van der Waals surface area contributed by atoms with E-state index >= 15 is 0 Å². The van der Waals surface area contributed by atoms with Crippen LogP contribution in [0.25, 0.3) is 0 Å². The molecular formula is C19H26N2O2. The zero-order valence-corrected chi connectivity index (χ0v) is 13.9. The molecule has 2 fully saturated rings. The smallest absolute Gasteiger partial charge is 0.251 e. The molecule has 4 heteroatoms. The fourth-order valence-corrected chi connectivity index (χ4v) is 3.68. The number of hydrogen-bond acceptors (Lipinski definition) is 2. The van der Waals surface area contributed by atoms with Crippen molar-refractivity contribution < 1.29 is 9.59 Å². The predicted molar refractivity (Wildman–Crippen MR) is 90.0 cm³/mol. The molecule has 4 nitrogen and oxygen atoms in total. The first-order valence-corrected chi connectivity index (χ1v) is 8.81. The van der Waals surface area contributed by atoms with Crippen LogP contribution in [0.3, 0.4) is 0 Å². The Bertz CT molecular complexity index is 584. The fourth-order valence-electron chi connectivity index (χ4n) is 3.68.